The van der Waals surface area contributed by atoms with Crippen LogP contribution < -0.4 is 15.4 Å². The third kappa shape index (κ3) is 6.16. The number of methoxy groups -OCH3 is 1. The maximum atomic E-state index is 13.3. The second-order valence-corrected chi connectivity index (χ2v) is 7.17. The van der Waals surface area contributed by atoms with Crippen LogP contribution in [0.5, 0.6) is 11.5 Å². The molecule has 0 aliphatic heterocycles. The molecule has 0 aliphatic carbocycles. The van der Waals surface area contributed by atoms with Crippen LogP contribution in [0.1, 0.15) is 10.4 Å². The lowest BCUT2D eigenvalue weighted by Gasteiger charge is -2.11. The lowest BCUT2D eigenvalue weighted by atomic mass is 10.1. The van der Waals surface area contributed by atoms with Crippen LogP contribution in [0.4, 0.5) is 15.9 Å². The Morgan fingerprint density at radius 2 is 1.77 bits per heavy atom. The van der Waals surface area contributed by atoms with Crippen molar-refractivity contribution in [1.82, 2.24) is 9.97 Å². The summed E-state index contributed by atoms with van der Waals surface area (Å²) < 4.78 is 24.1. The number of pyridine rings is 2. The van der Waals surface area contributed by atoms with Gasteiger partial charge in [-0.1, -0.05) is 5.92 Å². The number of nitrogens with zero attached hydrogens (tertiary/aromatic N) is 2. The molecule has 0 spiro atoms. The number of hydrogen-bond acceptors (Lipinski definition) is 6. The number of carbonyl (C=O) groups is 2. The van der Waals surface area contributed by atoms with Gasteiger partial charge in [0.05, 0.1) is 5.52 Å². The van der Waals surface area contributed by atoms with E-state index in [0.29, 0.717) is 33.7 Å². The van der Waals surface area contributed by atoms with Crippen LogP contribution in [0, 0.1) is 17.7 Å². The van der Waals surface area contributed by atoms with Crippen LogP contribution in [0.15, 0.2) is 73.1 Å². The number of benzene rings is 2. The van der Waals surface area contributed by atoms with E-state index in [0.717, 1.165) is 6.07 Å². The number of anilines is 2. The number of rotatable bonds is 6. The van der Waals surface area contributed by atoms with Gasteiger partial charge in [-0.25, -0.2) is 9.37 Å². The number of nitrogens with one attached hydrogen (secondary N) is 2. The van der Waals surface area contributed by atoms with Crippen molar-refractivity contribution in [2.24, 2.45) is 0 Å². The largest absolute Gasteiger partial charge is 0.457 e. The Labute approximate surface area is 200 Å². The third-order valence-electron chi connectivity index (χ3n) is 4.69. The Bertz CT molecular complexity index is 1450. The Morgan fingerprint density at radius 3 is 2.54 bits per heavy atom. The fraction of sp³-hybridized carbons (Fsp3) is 0.0769. The molecule has 2 heterocycles. The van der Waals surface area contributed by atoms with Gasteiger partial charge >= 0.3 is 0 Å². The lowest BCUT2D eigenvalue weighted by molar-refractivity contribution is -0.111. The molecule has 2 N–H and O–H groups in total. The highest BCUT2D eigenvalue weighted by Crippen LogP contribution is 2.31. The van der Waals surface area contributed by atoms with E-state index in [1.54, 1.807) is 54.7 Å². The Kier molecular flexibility index (Phi) is 7.25. The summed E-state index contributed by atoms with van der Waals surface area (Å²) in [4.78, 5) is 32.6. The minimum absolute atomic E-state index is 0.117. The van der Waals surface area contributed by atoms with Crippen LogP contribution >= 0.6 is 0 Å². The third-order valence-corrected chi connectivity index (χ3v) is 4.69. The van der Waals surface area contributed by atoms with E-state index < -0.39 is 17.6 Å². The van der Waals surface area contributed by atoms with Gasteiger partial charge in [0.1, 0.15) is 29.7 Å². The topological polar surface area (TPSA) is 102 Å². The lowest BCUT2D eigenvalue weighted by Crippen LogP contribution is -2.12. The summed E-state index contributed by atoms with van der Waals surface area (Å²) >= 11 is 0. The molecule has 8 nitrogen and oxygen atoms in total. The molecule has 4 rings (SSSR count). The number of carbonyl (C=O) groups excluding carboxylic acids is 2. The maximum Gasteiger partial charge on any atom is 0.300 e. The second-order valence-electron chi connectivity index (χ2n) is 7.17. The average Bonchev–Trinajstić information content (AvgIpc) is 2.85. The molecule has 2 amide bonds. The summed E-state index contributed by atoms with van der Waals surface area (Å²) in [6.45, 7) is 0.162. The fourth-order valence-electron chi connectivity index (χ4n) is 3.10. The standard InChI is InChI=1S/C26H19FN4O4/c1-34-14-2-3-25(32)30-19-6-9-22-21(16-19)23(11-13-28-22)35-20-7-4-17(5-8-20)26(33)31-24-15-18(27)10-12-29-24/h4-13,15-16H,14H2,1H3,(H,30,32)(H,29,31,33). The van der Waals surface area contributed by atoms with Crippen molar-refractivity contribution in [2.45, 2.75) is 0 Å². The summed E-state index contributed by atoms with van der Waals surface area (Å²) in [5, 5.41) is 5.92. The normalized spacial score (nSPS) is 10.2. The van der Waals surface area contributed by atoms with Crippen LogP contribution in [-0.2, 0) is 9.53 Å². The second kappa shape index (κ2) is 10.9. The van der Waals surface area contributed by atoms with Crippen molar-refractivity contribution in [3.63, 3.8) is 0 Å². The van der Waals surface area contributed by atoms with E-state index in [2.05, 4.69) is 32.4 Å². The van der Waals surface area contributed by atoms with E-state index in [1.165, 1.54) is 19.4 Å². The van der Waals surface area contributed by atoms with Crippen molar-refractivity contribution in [2.75, 3.05) is 24.4 Å². The van der Waals surface area contributed by atoms with Gasteiger partial charge in [0.2, 0.25) is 0 Å². The highest BCUT2D eigenvalue weighted by molar-refractivity contribution is 6.05. The summed E-state index contributed by atoms with van der Waals surface area (Å²) in [5.74, 6) is 4.76. The first-order valence-electron chi connectivity index (χ1n) is 10.4. The van der Waals surface area contributed by atoms with Crippen molar-refractivity contribution < 1.29 is 23.5 Å². The molecule has 0 aliphatic rings. The smallest absolute Gasteiger partial charge is 0.300 e. The van der Waals surface area contributed by atoms with Crippen LogP contribution in [0.2, 0.25) is 0 Å². The molecule has 35 heavy (non-hydrogen) atoms. The van der Waals surface area contributed by atoms with E-state index in [-0.39, 0.29) is 12.4 Å². The summed E-state index contributed by atoms with van der Waals surface area (Å²) in [5.41, 5.74) is 1.55. The number of hydrogen-bond donors (Lipinski definition) is 2. The monoisotopic (exact) mass is 470 g/mol. The highest BCUT2D eigenvalue weighted by atomic mass is 19.1. The van der Waals surface area contributed by atoms with Gasteiger partial charge in [-0.2, -0.15) is 0 Å². The zero-order valence-electron chi connectivity index (χ0n) is 18.5. The molecule has 0 radical (unpaired) electrons. The number of ether oxygens (including phenoxy) is 2. The Balaban J connectivity index is 1.49. The van der Waals surface area contributed by atoms with Gasteiger partial charge in [0, 0.05) is 42.2 Å². The van der Waals surface area contributed by atoms with Crippen molar-refractivity contribution >= 4 is 34.2 Å². The first-order valence-corrected chi connectivity index (χ1v) is 10.4. The molecule has 0 atom stereocenters. The number of amides is 2. The molecule has 0 bridgehead atoms. The summed E-state index contributed by atoms with van der Waals surface area (Å²) in [6, 6.07) is 15.7. The van der Waals surface area contributed by atoms with Gasteiger partial charge in [-0.3, -0.25) is 14.6 Å². The molecule has 9 heteroatoms. The summed E-state index contributed by atoms with van der Waals surface area (Å²) in [7, 11) is 1.50. The number of aromatic nitrogens is 2. The molecule has 2 aromatic carbocycles. The molecule has 0 saturated carbocycles. The molecular weight excluding hydrogens is 451 g/mol. The van der Waals surface area contributed by atoms with E-state index in [9.17, 15) is 14.0 Å². The highest BCUT2D eigenvalue weighted by Gasteiger charge is 2.10. The molecule has 0 saturated heterocycles. The molecule has 4 aromatic rings. The molecule has 174 valence electrons. The summed E-state index contributed by atoms with van der Waals surface area (Å²) in [6.07, 6.45) is 2.88. The minimum atomic E-state index is -0.495. The van der Waals surface area contributed by atoms with Gasteiger partial charge in [-0.15, -0.1) is 0 Å². The van der Waals surface area contributed by atoms with Crippen LogP contribution in [0.25, 0.3) is 10.9 Å². The van der Waals surface area contributed by atoms with E-state index in [4.69, 9.17) is 9.47 Å². The zero-order chi connectivity index (χ0) is 24.6. The Morgan fingerprint density at radius 1 is 0.971 bits per heavy atom. The van der Waals surface area contributed by atoms with Crippen LogP contribution in [-0.4, -0.2) is 35.5 Å². The molecular formula is C26H19FN4O4. The first-order chi connectivity index (χ1) is 17.0. The van der Waals surface area contributed by atoms with Crippen molar-refractivity contribution in [1.29, 1.82) is 0 Å². The van der Waals surface area contributed by atoms with Gasteiger partial charge in [0.25, 0.3) is 11.8 Å². The van der Waals surface area contributed by atoms with Crippen LogP contribution in [0.3, 0.4) is 0 Å². The quantitative estimate of drug-likeness (QED) is 0.405. The maximum absolute atomic E-state index is 13.3. The fourth-order valence-corrected chi connectivity index (χ4v) is 3.10. The van der Waals surface area contributed by atoms with Gasteiger partial charge in [-0.05, 0) is 60.5 Å². The van der Waals surface area contributed by atoms with E-state index >= 15 is 0 Å². The van der Waals surface area contributed by atoms with Gasteiger partial charge in [0.15, 0.2) is 0 Å². The number of halogens is 1. The predicted molar refractivity (Wildman–Crippen MR) is 129 cm³/mol. The molecule has 2 aromatic heterocycles. The zero-order valence-corrected chi connectivity index (χ0v) is 18.5. The van der Waals surface area contributed by atoms with Crippen molar-refractivity contribution in [3.05, 3.63) is 84.4 Å². The first kappa shape index (κ1) is 23.4. The average molecular weight is 470 g/mol. The minimum Gasteiger partial charge on any atom is -0.457 e. The van der Waals surface area contributed by atoms with Gasteiger partial charge < -0.3 is 20.1 Å². The number of fused-ring (bicyclic) bond motifs is 1. The molecule has 0 fully saturated rings. The Hall–Kier alpha value is -4.81. The predicted octanol–water partition coefficient (Wildman–Crippen LogP) is 4.40. The molecule has 0 unspecified atom stereocenters. The SMILES string of the molecule is COCC#CC(=O)Nc1ccc2nccc(Oc3ccc(C(=O)Nc4cc(F)ccn4)cc3)c2c1. The van der Waals surface area contributed by atoms with Crippen molar-refractivity contribution in [3.8, 4) is 23.3 Å². The van der Waals surface area contributed by atoms with E-state index in [1.807, 2.05) is 0 Å².